The second kappa shape index (κ2) is 7.22. The number of methoxy groups -OCH3 is 1. The van der Waals surface area contributed by atoms with Gasteiger partial charge in [-0.05, 0) is 31.7 Å². The Bertz CT molecular complexity index is 294. The Morgan fingerprint density at radius 1 is 1.42 bits per heavy atom. The van der Waals surface area contributed by atoms with Gasteiger partial charge < -0.3 is 15.2 Å². The lowest BCUT2D eigenvalue weighted by Gasteiger charge is -2.38. The molecule has 1 heterocycles. The van der Waals surface area contributed by atoms with Crippen molar-refractivity contribution in [3.63, 3.8) is 0 Å². The third-order valence-corrected chi connectivity index (χ3v) is 4.40. The average Bonchev–Trinajstić information content (AvgIpc) is 2.36. The number of hydrogen-bond donors (Lipinski definition) is 2. The molecule has 2 atom stereocenters. The van der Waals surface area contributed by atoms with Gasteiger partial charge in [0.25, 0.3) is 0 Å². The van der Waals surface area contributed by atoms with E-state index in [0.717, 1.165) is 25.4 Å². The summed E-state index contributed by atoms with van der Waals surface area (Å²) in [7, 11) is 1.45. The van der Waals surface area contributed by atoms with Gasteiger partial charge in [-0.2, -0.15) is 0 Å². The zero-order valence-corrected chi connectivity index (χ0v) is 11.8. The lowest BCUT2D eigenvalue weighted by atomic mass is 9.85. The maximum Gasteiger partial charge on any atom is 0.310 e. The van der Waals surface area contributed by atoms with Gasteiger partial charge in [0.1, 0.15) is 0 Å². The molecule has 0 aromatic heterocycles. The van der Waals surface area contributed by atoms with Crippen LogP contribution < -0.4 is 5.32 Å². The summed E-state index contributed by atoms with van der Waals surface area (Å²) in [6.45, 7) is 3.46. The van der Waals surface area contributed by atoms with Crippen molar-refractivity contribution in [2.24, 2.45) is 11.8 Å². The molecule has 1 saturated heterocycles. The van der Waals surface area contributed by atoms with E-state index in [1.54, 1.807) is 0 Å². The Morgan fingerprint density at radius 3 is 2.79 bits per heavy atom. The Balaban J connectivity index is 1.83. The van der Waals surface area contributed by atoms with Crippen molar-refractivity contribution < 1.29 is 14.6 Å². The highest BCUT2D eigenvalue weighted by Crippen LogP contribution is 2.26. The monoisotopic (exact) mass is 270 g/mol. The molecule has 0 bridgehead atoms. The number of rotatable bonds is 6. The zero-order valence-electron chi connectivity index (χ0n) is 11.8. The van der Waals surface area contributed by atoms with Gasteiger partial charge in [-0.1, -0.05) is 6.42 Å². The first-order valence-electron chi connectivity index (χ1n) is 7.37. The number of hydrogen-bond acceptors (Lipinski definition) is 5. The highest BCUT2D eigenvalue weighted by Gasteiger charge is 2.32. The number of aliphatic hydroxyl groups excluding tert-OH is 1. The number of β-amino-alcohol motifs (C(OH)–C–C–N with tert-alkyl or cyclic N) is 1. The van der Waals surface area contributed by atoms with Crippen molar-refractivity contribution in [2.45, 2.75) is 31.7 Å². The van der Waals surface area contributed by atoms with Gasteiger partial charge in [0.15, 0.2) is 0 Å². The average molecular weight is 270 g/mol. The molecule has 0 spiro atoms. The van der Waals surface area contributed by atoms with E-state index in [2.05, 4.69) is 10.2 Å². The van der Waals surface area contributed by atoms with Crippen LogP contribution in [0.3, 0.4) is 0 Å². The molecule has 2 rings (SSSR count). The molecule has 19 heavy (non-hydrogen) atoms. The lowest BCUT2D eigenvalue weighted by Crippen LogP contribution is -2.52. The summed E-state index contributed by atoms with van der Waals surface area (Å²) in [6, 6.07) is 0.338. The van der Waals surface area contributed by atoms with Crippen molar-refractivity contribution >= 4 is 5.97 Å². The first kappa shape index (κ1) is 14.8. The Kier molecular flexibility index (Phi) is 5.60. The molecule has 2 N–H and O–H groups in total. The van der Waals surface area contributed by atoms with E-state index in [0.29, 0.717) is 19.1 Å². The van der Waals surface area contributed by atoms with Gasteiger partial charge in [-0.25, -0.2) is 0 Å². The van der Waals surface area contributed by atoms with Crippen LogP contribution in [0, 0.1) is 11.8 Å². The molecule has 1 aliphatic heterocycles. The van der Waals surface area contributed by atoms with Crippen LogP contribution in [0.25, 0.3) is 0 Å². The molecule has 110 valence electrons. The van der Waals surface area contributed by atoms with Crippen LogP contribution in [0.15, 0.2) is 0 Å². The van der Waals surface area contributed by atoms with Gasteiger partial charge in [0.05, 0.1) is 19.6 Å². The topological polar surface area (TPSA) is 61.8 Å². The molecule has 2 aliphatic rings. The van der Waals surface area contributed by atoms with E-state index in [4.69, 9.17) is 9.84 Å². The second-order valence-electron chi connectivity index (χ2n) is 5.84. The minimum Gasteiger partial charge on any atom is -0.469 e. The van der Waals surface area contributed by atoms with Gasteiger partial charge in [-0.15, -0.1) is 0 Å². The molecule has 5 nitrogen and oxygen atoms in total. The van der Waals surface area contributed by atoms with Crippen LogP contribution in [0.2, 0.25) is 0 Å². The minimum absolute atomic E-state index is 0.0656. The summed E-state index contributed by atoms with van der Waals surface area (Å²) in [5, 5.41) is 12.7. The number of ether oxygens (including phenoxy) is 1. The van der Waals surface area contributed by atoms with Crippen molar-refractivity contribution in [1.82, 2.24) is 10.2 Å². The number of aliphatic hydroxyl groups is 1. The van der Waals surface area contributed by atoms with Crippen molar-refractivity contribution in [1.29, 1.82) is 0 Å². The molecule has 5 heteroatoms. The largest absolute Gasteiger partial charge is 0.469 e. The molecular weight excluding hydrogens is 244 g/mol. The predicted molar refractivity (Wildman–Crippen MR) is 72.8 cm³/mol. The first-order chi connectivity index (χ1) is 9.22. The second-order valence-corrected chi connectivity index (χ2v) is 5.84. The number of carbonyl (C=O) groups excluding carboxylic acids is 1. The molecule has 0 aromatic carbocycles. The molecule has 2 fully saturated rings. The minimum atomic E-state index is -0.127. The summed E-state index contributed by atoms with van der Waals surface area (Å²) in [6.07, 6.45) is 4.88. The Labute approximate surface area is 115 Å². The molecular formula is C14H26N2O3. The Morgan fingerprint density at radius 2 is 2.21 bits per heavy atom. The molecule has 0 aromatic rings. The van der Waals surface area contributed by atoms with E-state index < -0.39 is 0 Å². The highest BCUT2D eigenvalue weighted by molar-refractivity contribution is 5.72. The van der Waals surface area contributed by atoms with Gasteiger partial charge in [0, 0.05) is 25.7 Å². The van der Waals surface area contributed by atoms with Crippen molar-refractivity contribution in [3.8, 4) is 0 Å². The lowest BCUT2D eigenvalue weighted by molar-refractivity contribution is -0.147. The number of nitrogens with one attached hydrogen (secondary N) is 1. The van der Waals surface area contributed by atoms with E-state index in [9.17, 15) is 4.79 Å². The first-order valence-corrected chi connectivity index (χ1v) is 7.37. The van der Waals surface area contributed by atoms with E-state index in [1.165, 1.54) is 26.4 Å². The highest BCUT2D eigenvalue weighted by atomic mass is 16.5. The van der Waals surface area contributed by atoms with E-state index >= 15 is 0 Å². The molecule has 0 amide bonds. The summed E-state index contributed by atoms with van der Waals surface area (Å²) in [5.74, 6) is 0.632. The third kappa shape index (κ3) is 4.16. The SMILES string of the molecule is COC(=O)C1CC(NCC2CCC2)CN(CCO)C1. The van der Waals surface area contributed by atoms with Crippen LogP contribution in [0.5, 0.6) is 0 Å². The van der Waals surface area contributed by atoms with Gasteiger partial charge >= 0.3 is 5.97 Å². The zero-order chi connectivity index (χ0) is 13.7. The Hall–Kier alpha value is -0.650. The standard InChI is InChI=1S/C14H26N2O3/c1-19-14(18)12-7-13(10-16(9-12)5-6-17)15-8-11-3-2-4-11/h11-13,15,17H,2-10H2,1H3. The van der Waals surface area contributed by atoms with E-state index in [1.807, 2.05) is 0 Å². The van der Waals surface area contributed by atoms with Crippen LogP contribution in [-0.4, -0.2) is 61.9 Å². The number of nitrogens with zero attached hydrogens (tertiary/aromatic N) is 1. The fourth-order valence-electron chi connectivity index (χ4n) is 3.03. The number of esters is 1. The van der Waals surface area contributed by atoms with Gasteiger partial charge in [-0.3, -0.25) is 9.69 Å². The van der Waals surface area contributed by atoms with Gasteiger partial charge in [0.2, 0.25) is 0 Å². The quantitative estimate of drug-likeness (QED) is 0.677. The van der Waals surface area contributed by atoms with Crippen LogP contribution in [-0.2, 0) is 9.53 Å². The van der Waals surface area contributed by atoms with Crippen LogP contribution >= 0.6 is 0 Å². The maximum atomic E-state index is 11.7. The number of piperidine rings is 1. The number of likely N-dealkylation sites (tertiary alicyclic amines) is 1. The molecule has 1 saturated carbocycles. The smallest absolute Gasteiger partial charge is 0.310 e. The van der Waals surface area contributed by atoms with E-state index in [-0.39, 0.29) is 18.5 Å². The van der Waals surface area contributed by atoms with Crippen LogP contribution in [0.4, 0.5) is 0 Å². The maximum absolute atomic E-state index is 11.7. The number of carbonyl (C=O) groups is 1. The van der Waals surface area contributed by atoms with Crippen molar-refractivity contribution in [2.75, 3.05) is 39.9 Å². The molecule has 2 unspecified atom stereocenters. The summed E-state index contributed by atoms with van der Waals surface area (Å²) in [4.78, 5) is 13.9. The summed E-state index contributed by atoms with van der Waals surface area (Å²) in [5.41, 5.74) is 0. The fourth-order valence-corrected chi connectivity index (χ4v) is 3.03. The predicted octanol–water partition coefficient (Wildman–Crippen LogP) is 0.232. The normalized spacial score (nSPS) is 28.9. The summed E-state index contributed by atoms with van der Waals surface area (Å²) < 4.78 is 4.87. The van der Waals surface area contributed by atoms with Crippen molar-refractivity contribution in [3.05, 3.63) is 0 Å². The summed E-state index contributed by atoms with van der Waals surface area (Å²) >= 11 is 0. The fraction of sp³-hybridized carbons (Fsp3) is 0.929. The third-order valence-electron chi connectivity index (χ3n) is 4.40. The molecule has 1 aliphatic carbocycles. The molecule has 0 radical (unpaired) electrons. The van der Waals surface area contributed by atoms with Crippen LogP contribution in [0.1, 0.15) is 25.7 Å².